The van der Waals surface area contributed by atoms with Gasteiger partial charge in [-0.2, -0.15) is 0 Å². The third-order valence-electron chi connectivity index (χ3n) is 5.02. The van der Waals surface area contributed by atoms with Crippen molar-refractivity contribution in [1.82, 2.24) is 9.97 Å². The Hall–Kier alpha value is -3.02. The minimum atomic E-state index is 0.320. The van der Waals surface area contributed by atoms with Crippen LogP contribution in [0.15, 0.2) is 42.7 Å². The lowest BCUT2D eigenvalue weighted by Gasteiger charge is -2.21. The molecule has 3 aromatic rings. The number of anilines is 2. The molecule has 1 fully saturated rings. The first-order chi connectivity index (χ1) is 13.2. The number of nitrogens with zero attached hydrogens (tertiary/aromatic N) is 3. The van der Waals surface area contributed by atoms with Crippen molar-refractivity contribution in [2.24, 2.45) is 0 Å². The molecular formula is C21H24N4O2. The van der Waals surface area contributed by atoms with Crippen molar-refractivity contribution in [3.63, 3.8) is 0 Å². The molecule has 140 valence electrons. The van der Waals surface area contributed by atoms with E-state index in [1.54, 1.807) is 20.5 Å². The summed E-state index contributed by atoms with van der Waals surface area (Å²) in [4.78, 5) is 11.2. The van der Waals surface area contributed by atoms with Gasteiger partial charge in [0.1, 0.15) is 23.6 Å². The smallest absolute Gasteiger partial charge is 0.137 e. The van der Waals surface area contributed by atoms with Gasteiger partial charge >= 0.3 is 0 Å². The molecule has 0 saturated carbocycles. The van der Waals surface area contributed by atoms with Gasteiger partial charge in [0.05, 0.1) is 19.7 Å². The number of hydrogen-bond acceptors (Lipinski definition) is 6. The fourth-order valence-electron chi connectivity index (χ4n) is 3.57. The van der Waals surface area contributed by atoms with E-state index in [2.05, 4.69) is 39.2 Å². The second-order valence-corrected chi connectivity index (χ2v) is 6.89. The Labute approximate surface area is 159 Å². The van der Waals surface area contributed by atoms with Crippen LogP contribution in [0.2, 0.25) is 0 Å². The molecular weight excluding hydrogens is 340 g/mol. The van der Waals surface area contributed by atoms with E-state index in [9.17, 15) is 0 Å². The van der Waals surface area contributed by atoms with Crippen molar-refractivity contribution >= 4 is 22.4 Å². The van der Waals surface area contributed by atoms with Crippen LogP contribution >= 0.6 is 0 Å². The van der Waals surface area contributed by atoms with Gasteiger partial charge in [-0.1, -0.05) is 11.6 Å². The maximum atomic E-state index is 5.40. The number of ether oxygens (including phenoxy) is 2. The zero-order valence-corrected chi connectivity index (χ0v) is 15.9. The van der Waals surface area contributed by atoms with Crippen LogP contribution in [-0.2, 0) is 0 Å². The number of fused-ring (bicyclic) bond motifs is 1. The van der Waals surface area contributed by atoms with E-state index in [-0.39, 0.29) is 0 Å². The summed E-state index contributed by atoms with van der Waals surface area (Å²) in [6.45, 7) is 3.95. The summed E-state index contributed by atoms with van der Waals surface area (Å²) in [5.41, 5.74) is 3.28. The Kier molecular flexibility index (Phi) is 4.71. The normalized spacial score (nSPS) is 16.6. The van der Waals surface area contributed by atoms with Crippen LogP contribution in [-0.4, -0.2) is 43.3 Å². The molecule has 1 atom stereocenters. The van der Waals surface area contributed by atoms with Gasteiger partial charge < -0.3 is 19.7 Å². The highest BCUT2D eigenvalue weighted by Crippen LogP contribution is 2.31. The molecule has 1 aromatic heterocycles. The monoisotopic (exact) mass is 364 g/mol. The molecule has 1 saturated heterocycles. The zero-order valence-electron chi connectivity index (χ0n) is 15.9. The molecule has 2 heterocycles. The fourth-order valence-corrected chi connectivity index (χ4v) is 3.57. The van der Waals surface area contributed by atoms with Crippen LogP contribution in [0.5, 0.6) is 11.5 Å². The van der Waals surface area contributed by atoms with Crippen LogP contribution in [0.3, 0.4) is 0 Å². The van der Waals surface area contributed by atoms with Crippen LogP contribution < -0.4 is 19.7 Å². The highest BCUT2D eigenvalue weighted by Gasteiger charge is 2.24. The summed E-state index contributed by atoms with van der Waals surface area (Å²) < 4.78 is 10.8. The van der Waals surface area contributed by atoms with Gasteiger partial charge in [0.25, 0.3) is 0 Å². The standard InChI is InChI=1S/C21H24N4O2/c1-14-4-5-20-19(8-14)21(23-13-22-20)24-15-6-7-25(12-15)16-9-17(26-2)11-18(10-16)27-3/h4-5,8-11,13,15H,6-7,12H2,1-3H3,(H,22,23,24). The Balaban J connectivity index is 1.53. The van der Waals surface area contributed by atoms with Gasteiger partial charge in [-0.15, -0.1) is 0 Å². The Morgan fingerprint density at radius 1 is 1.04 bits per heavy atom. The quantitative estimate of drug-likeness (QED) is 0.746. The zero-order chi connectivity index (χ0) is 18.8. The van der Waals surface area contributed by atoms with Crippen LogP contribution in [0.4, 0.5) is 11.5 Å². The number of aromatic nitrogens is 2. The van der Waals surface area contributed by atoms with E-state index in [4.69, 9.17) is 9.47 Å². The number of aryl methyl sites for hydroxylation is 1. The minimum Gasteiger partial charge on any atom is -0.497 e. The lowest BCUT2D eigenvalue weighted by Crippen LogP contribution is -2.26. The summed E-state index contributed by atoms with van der Waals surface area (Å²) in [6, 6.07) is 12.6. The lowest BCUT2D eigenvalue weighted by atomic mass is 10.1. The molecule has 4 rings (SSSR count). The molecule has 0 radical (unpaired) electrons. The highest BCUT2D eigenvalue weighted by atomic mass is 16.5. The first-order valence-corrected chi connectivity index (χ1v) is 9.12. The number of methoxy groups -OCH3 is 2. The number of benzene rings is 2. The largest absolute Gasteiger partial charge is 0.497 e. The highest BCUT2D eigenvalue weighted by molar-refractivity contribution is 5.89. The van der Waals surface area contributed by atoms with E-state index >= 15 is 0 Å². The third-order valence-corrected chi connectivity index (χ3v) is 5.02. The van der Waals surface area contributed by atoms with E-state index in [1.807, 2.05) is 24.3 Å². The van der Waals surface area contributed by atoms with Gasteiger partial charge in [0.15, 0.2) is 0 Å². The third kappa shape index (κ3) is 3.60. The fraction of sp³-hybridized carbons (Fsp3) is 0.333. The summed E-state index contributed by atoms with van der Waals surface area (Å²) in [6.07, 6.45) is 2.66. The van der Waals surface area contributed by atoms with Gasteiger partial charge in [-0.05, 0) is 25.5 Å². The van der Waals surface area contributed by atoms with Crippen molar-refractivity contribution in [3.8, 4) is 11.5 Å². The predicted octanol–water partition coefficient (Wildman–Crippen LogP) is 3.65. The first-order valence-electron chi connectivity index (χ1n) is 9.12. The molecule has 1 N–H and O–H groups in total. The average Bonchev–Trinajstić information content (AvgIpc) is 3.16. The van der Waals surface area contributed by atoms with Crippen molar-refractivity contribution in [2.75, 3.05) is 37.5 Å². The van der Waals surface area contributed by atoms with Gasteiger partial charge in [0.2, 0.25) is 0 Å². The van der Waals surface area contributed by atoms with E-state index in [1.165, 1.54) is 5.56 Å². The van der Waals surface area contributed by atoms with Crippen LogP contribution in [0.1, 0.15) is 12.0 Å². The Morgan fingerprint density at radius 2 is 1.81 bits per heavy atom. The summed E-state index contributed by atoms with van der Waals surface area (Å²) in [5, 5.41) is 4.68. The molecule has 6 heteroatoms. The topological polar surface area (TPSA) is 59.5 Å². The summed E-state index contributed by atoms with van der Waals surface area (Å²) in [5.74, 6) is 2.51. The van der Waals surface area contributed by atoms with Crippen molar-refractivity contribution in [3.05, 3.63) is 48.3 Å². The molecule has 0 bridgehead atoms. The van der Waals surface area contributed by atoms with Crippen molar-refractivity contribution in [1.29, 1.82) is 0 Å². The molecule has 1 aliphatic rings. The SMILES string of the molecule is COc1cc(OC)cc(N2CCC(Nc3ncnc4ccc(C)cc34)C2)c1. The van der Waals surface area contributed by atoms with E-state index in [0.717, 1.165) is 53.4 Å². The van der Waals surface area contributed by atoms with Crippen LogP contribution in [0.25, 0.3) is 10.9 Å². The molecule has 0 aliphatic carbocycles. The van der Waals surface area contributed by atoms with Gasteiger partial charge in [-0.3, -0.25) is 0 Å². The molecule has 27 heavy (non-hydrogen) atoms. The second-order valence-electron chi connectivity index (χ2n) is 6.89. The first kappa shape index (κ1) is 17.4. The molecule has 0 amide bonds. The Morgan fingerprint density at radius 3 is 2.56 bits per heavy atom. The molecule has 6 nitrogen and oxygen atoms in total. The number of rotatable bonds is 5. The molecule has 2 aromatic carbocycles. The van der Waals surface area contributed by atoms with E-state index in [0.29, 0.717) is 6.04 Å². The lowest BCUT2D eigenvalue weighted by molar-refractivity contribution is 0.394. The number of nitrogens with one attached hydrogen (secondary N) is 1. The number of hydrogen-bond donors (Lipinski definition) is 1. The van der Waals surface area contributed by atoms with Crippen molar-refractivity contribution in [2.45, 2.75) is 19.4 Å². The van der Waals surface area contributed by atoms with Gasteiger partial charge in [-0.25, -0.2) is 9.97 Å². The Bertz CT molecular complexity index is 938. The van der Waals surface area contributed by atoms with Crippen molar-refractivity contribution < 1.29 is 9.47 Å². The van der Waals surface area contributed by atoms with Crippen LogP contribution in [0, 0.1) is 6.92 Å². The van der Waals surface area contributed by atoms with E-state index < -0.39 is 0 Å². The minimum absolute atomic E-state index is 0.320. The summed E-state index contributed by atoms with van der Waals surface area (Å²) >= 11 is 0. The maximum Gasteiger partial charge on any atom is 0.137 e. The predicted molar refractivity (Wildman–Crippen MR) is 108 cm³/mol. The van der Waals surface area contributed by atoms with Gasteiger partial charge in [0, 0.05) is 48.4 Å². The average molecular weight is 364 g/mol. The summed E-state index contributed by atoms with van der Waals surface area (Å²) in [7, 11) is 3.35. The second kappa shape index (κ2) is 7.31. The molecule has 1 unspecified atom stereocenters. The molecule has 1 aliphatic heterocycles. The molecule has 0 spiro atoms. The maximum absolute atomic E-state index is 5.40.